The van der Waals surface area contributed by atoms with Crippen LogP contribution in [0.4, 0.5) is 10.1 Å². The number of hydrogen-bond acceptors (Lipinski definition) is 5. The van der Waals surface area contributed by atoms with E-state index < -0.39 is 5.82 Å². The van der Waals surface area contributed by atoms with Crippen molar-refractivity contribution in [1.29, 1.82) is 0 Å². The number of rotatable bonds is 5. The summed E-state index contributed by atoms with van der Waals surface area (Å²) in [4.78, 5) is 28.2. The number of anilines is 1. The van der Waals surface area contributed by atoms with Gasteiger partial charge < -0.3 is 9.80 Å². The Balaban J connectivity index is 1.21. The van der Waals surface area contributed by atoms with Gasteiger partial charge in [-0.3, -0.25) is 9.59 Å². The normalized spacial score (nSPS) is 13.9. The SMILES string of the molecule is CC(=O)c1ccc(N2CCN(C(=O)c3ccc(Cn4nnc5ccccc54)cc3)CC2)c(F)c1. The van der Waals surface area contributed by atoms with E-state index >= 15 is 0 Å². The molecule has 0 bridgehead atoms. The summed E-state index contributed by atoms with van der Waals surface area (Å²) < 4.78 is 16.3. The number of halogens is 1. The molecule has 1 amide bonds. The van der Waals surface area contributed by atoms with E-state index in [1.807, 2.05) is 58.1 Å². The third-order valence-electron chi connectivity index (χ3n) is 6.22. The number of ketones is 1. The second kappa shape index (κ2) is 9.05. The van der Waals surface area contributed by atoms with Gasteiger partial charge in [0, 0.05) is 37.3 Å². The van der Waals surface area contributed by atoms with Crippen molar-refractivity contribution in [2.75, 3.05) is 31.1 Å². The Bertz CT molecular complexity index is 1360. The van der Waals surface area contributed by atoms with Crippen molar-refractivity contribution in [3.8, 4) is 0 Å². The summed E-state index contributed by atoms with van der Waals surface area (Å²) in [5.74, 6) is -0.616. The van der Waals surface area contributed by atoms with Crippen molar-refractivity contribution in [1.82, 2.24) is 19.9 Å². The Kier molecular flexibility index (Phi) is 5.79. The number of nitrogens with zero attached hydrogens (tertiary/aromatic N) is 5. The van der Waals surface area contributed by atoms with Crippen molar-refractivity contribution in [3.05, 3.63) is 89.2 Å². The Morgan fingerprint density at radius 3 is 2.32 bits per heavy atom. The Morgan fingerprint density at radius 2 is 1.62 bits per heavy atom. The molecule has 2 heterocycles. The van der Waals surface area contributed by atoms with Gasteiger partial charge in [-0.1, -0.05) is 29.5 Å². The maximum Gasteiger partial charge on any atom is 0.253 e. The predicted octanol–water partition coefficient (Wildman–Crippen LogP) is 3.78. The summed E-state index contributed by atoms with van der Waals surface area (Å²) in [6.45, 7) is 4.04. The number of para-hydroxylation sites is 1. The number of aromatic nitrogens is 3. The minimum Gasteiger partial charge on any atom is -0.366 e. The quantitative estimate of drug-likeness (QED) is 0.427. The van der Waals surface area contributed by atoms with E-state index in [9.17, 15) is 14.0 Å². The molecule has 1 saturated heterocycles. The van der Waals surface area contributed by atoms with E-state index in [0.29, 0.717) is 49.5 Å². The molecule has 0 aliphatic carbocycles. The third-order valence-corrected chi connectivity index (χ3v) is 6.22. The lowest BCUT2D eigenvalue weighted by molar-refractivity contribution is 0.0746. The standard InChI is InChI=1S/C26H24FN5O2/c1-18(33)21-10-11-24(22(27)16-21)30-12-14-31(15-13-30)26(34)20-8-6-19(7-9-20)17-32-25-5-3-2-4-23(25)28-29-32/h2-11,16H,12-15,17H2,1H3. The molecular weight excluding hydrogens is 433 g/mol. The van der Waals surface area contributed by atoms with E-state index in [1.54, 1.807) is 17.0 Å². The molecule has 3 aromatic carbocycles. The van der Waals surface area contributed by atoms with Crippen molar-refractivity contribution >= 4 is 28.4 Å². The smallest absolute Gasteiger partial charge is 0.253 e. The highest BCUT2D eigenvalue weighted by molar-refractivity contribution is 5.95. The van der Waals surface area contributed by atoms with Crippen LogP contribution in [0.25, 0.3) is 11.0 Å². The third kappa shape index (κ3) is 4.26. The molecule has 172 valence electrons. The average molecular weight is 458 g/mol. The molecule has 5 rings (SSSR count). The lowest BCUT2D eigenvalue weighted by atomic mass is 10.1. The van der Waals surface area contributed by atoms with Crippen molar-refractivity contribution in [2.24, 2.45) is 0 Å². The zero-order chi connectivity index (χ0) is 23.7. The highest BCUT2D eigenvalue weighted by Crippen LogP contribution is 2.23. The van der Waals surface area contributed by atoms with Crippen LogP contribution < -0.4 is 4.90 Å². The van der Waals surface area contributed by atoms with Crippen LogP contribution in [0.3, 0.4) is 0 Å². The van der Waals surface area contributed by atoms with Gasteiger partial charge >= 0.3 is 0 Å². The number of fused-ring (bicyclic) bond motifs is 1. The van der Waals surface area contributed by atoms with Crippen LogP contribution >= 0.6 is 0 Å². The van der Waals surface area contributed by atoms with Crippen LogP contribution in [-0.4, -0.2) is 57.8 Å². The van der Waals surface area contributed by atoms with Crippen LogP contribution in [0, 0.1) is 5.82 Å². The molecule has 4 aromatic rings. The van der Waals surface area contributed by atoms with Gasteiger partial charge in [0.25, 0.3) is 5.91 Å². The fraction of sp³-hybridized carbons (Fsp3) is 0.231. The molecule has 1 aliphatic heterocycles. The molecule has 1 aromatic heterocycles. The monoisotopic (exact) mass is 457 g/mol. The second-order valence-electron chi connectivity index (χ2n) is 8.43. The number of benzene rings is 3. The van der Waals surface area contributed by atoms with E-state index in [4.69, 9.17) is 0 Å². The highest BCUT2D eigenvalue weighted by Gasteiger charge is 2.24. The highest BCUT2D eigenvalue weighted by atomic mass is 19.1. The van der Waals surface area contributed by atoms with Crippen molar-refractivity contribution < 1.29 is 14.0 Å². The summed E-state index contributed by atoms with van der Waals surface area (Å²) >= 11 is 0. The molecule has 1 fully saturated rings. The van der Waals surface area contributed by atoms with Gasteiger partial charge in [0.05, 0.1) is 17.7 Å². The number of carbonyl (C=O) groups excluding carboxylic acids is 2. The number of amides is 1. The first kappa shape index (κ1) is 21.8. The molecule has 0 radical (unpaired) electrons. The molecule has 0 unspecified atom stereocenters. The topological polar surface area (TPSA) is 71.3 Å². The van der Waals surface area contributed by atoms with E-state index in [2.05, 4.69) is 10.3 Å². The van der Waals surface area contributed by atoms with Crippen LogP contribution in [-0.2, 0) is 6.54 Å². The molecular formula is C26H24FN5O2. The Morgan fingerprint density at radius 1 is 0.912 bits per heavy atom. The van der Waals surface area contributed by atoms with Gasteiger partial charge in [0.1, 0.15) is 11.3 Å². The number of carbonyl (C=O) groups is 2. The van der Waals surface area contributed by atoms with Crippen molar-refractivity contribution in [3.63, 3.8) is 0 Å². The molecule has 7 nitrogen and oxygen atoms in total. The first-order chi connectivity index (χ1) is 16.5. The summed E-state index contributed by atoms with van der Waals surface area (Å²) in [7, 11) is 0. The van der Waals surface area contributed by atoms with Gasteiger partial charge in [0.15, 0.2) is 5.78 Å². The molecule has 1 aliphatic rings. The zero-order valence-electron chi connectivity index (χ0n) is 18.8. The number of hydrogen-bond donors (Lipinski definition) is 0. The molecule has 8 heteroatoms. The largest absolute Gasteiger partial charge is 0.366 e. The molecule has 0 spiro atoms. The van der Waals surface area contributed by atoms with Crippen LogP contribution in [0.1, 0.15) is 33.2 Å². The van der Waals surface area contributed by atoms with Gasteiger partial charge in [-0.05, 0) is 55.0 Å². The minimum atomic E-state index is -0.414. The van der Waals surface area contributed by atoms with Crippen molar-refractivity contribution in [2.45, 2.75) is 13.5 Å². The predicted molar refractivity (Wildman–Crippen MR) is 128 cm³/mol. The van der Waals surface area contributed by atoms with E-state index in [1.165, 1.54) is 13.0 Å². The molecule has 34 heavy (non-hydrogen) atoms. The van der Waals surface area contributed by atoms with Gasteiger partial charge in [0.2, 0.25) is 0 Å². The second-order valence-corrected chi connectivity index (χ2v) is 8.43. The van der Waals surface area contributed by atoms with Gasteiger partial charge in [-0.25, -0.2) is 9.07 Å². The zero-order valence-corrected chi connectivity index (χ0v) is 18.8. The minimum absolute atomic E-state index is 0.0372. The molecule has 0 saturated carbocycles. The van der Waals surface area contributed by atoms with Gasteiger partial charge in [-0.15, -0.1) is 5.10 Å². The summed E-state index contributed by atoms with van der Waals surface area (Å²) in [5.41, 5.74) is 4.28. The average Bonchev–Trinajstić information content (AvgIpc) is 3.27. The van der Waals surface area contributed by atoms with Crippen LogP contribution in [0.5, 0.6) is 0 Å². The maximum atomic E-state index is 14.5. The summed E-state index contributed by atoms with van der Waals surface area (Å²) in [6, 6.07) is 19.9. The summed E-state index contributed by atoms with van der Waals surface area (Å²) in [5, 5.41) is 8.39. The molecule has 0 atom stereocenters. The van der Waals surface area contributed by atoms with E-state index in [0.717, 1.165) is 16.6 Å². The molecule has 0 N–H and O–H groups in total. The van der Waals surface area contributed by atoms with Crippen LogP contribution in [0.2, 0.25) is 0 Å². The number of piperazine rings is 1. The lowest BCUT2D eigenvalue weighted by Gasteiger charge is -2.36. The Labute approximate surface area is 196 Å². The van der Waals surface area contributed by atoms with Crippen LogP contribution in [0.15, 0.2) is 66.7 Å². The lowest BCUT2D eigenvalue weighted by Crippen LogP contribution is -2.49. The Hall–Kier alpha value is -4.07. The first-order valence-electron chi connectivity index (χ1n) is 11.2. The summed E-state index contributed by atoms with van der Waals surface area (Å²) in [6.07, 6.45) is 0. The van der Waals surface area contributed by atoms with E-state index in [-0.39, 0.29) is 11.7 Å². The maximum absolute atomic E-state index is 14.5. The fourth-order valence-electron chi connectivity index (χ4n) is 4.28. The fourth-order valence-corrected chi connectivity index (χ4v) is 4.28. The first-order valence-corrected chi connectivity index (χ1v) is 11.2. The van der Waals surface area contributed by atoms with Gasteiger partial charge in [-0.2, -0.15) is 0 Å². The number of Topliss-reactive ketones (excluding diaryl/α,β-unsaturated/α-hetero) is 1.